The van der Waals surface area contributed by atoms with Crippen LogP contribution in [0.3, 0.4) is 0 Å². The van der Waals surface area contributed by atoms with Gasteiger partial charge in [-0.05, 0) is 69.0 Å². The van der Waals surface area contributed by atoms with Gasteiger partial charge >= 0.3 is 0 Å². The van der Waals surface area contributed by atoms with Crippen molar-refractivity contribution in [3.05, 3.63) is 29.3 Å². The van der Waals surface area contributed by atoms with Crippen LogP contribution in [0.15, 0.2) is 18.2 Å². The van der Waals surface area contributed by atoms with Crippen LogP contribution in [0, 0.1) is 5.92 Å². The van der Waals surface area contributed by atoms with Crippen molar-refractivity contribution in [2.75, 3.05) is 32.0 Å². The number of anilines is 1. The highest BCUT2D eigenvalue weighted by atomic mass is 35.5. The van der Waals surface area contributed by atoms with Crippen molar-refractivity contribution in [2.24, 2.45) is 5.92 Å². The van der Waals surface area contributed by atoms with E-state index in [1.54, 1.807) is 0 Å². The number of carbonyl (C=O) groups excluding carboxylic acids is 2. The Morgan fingerprint density at radius 2 is 2.04 bits per heavy atom. The average Bonchev–Trinajstić information content (AvgIpc) is 2.59. The van der Waals surface area contributed by atoms with E-state index in [1.165, 1.54) is 6.42 Å². The minimum absolute atomic E-state index is 0. The normalized spacial score (nSPS) is 17.7. The molecule has 2 heterocycles. The van der Waals surface area contributed by atoms with Gasteiger partial charge in [0.15, 0.2) is 0 Å². The molecular weight excluding hydrogens is 326 g/mol. The number of rotatable bonds is 4. The summed E-state index contributed by atoms with van der Waals surface area (Å²) in [6.07, 6.45) is 4.59. The zero-order valence-corrected chi connectivity index (χ0v) is 15.0. The number of piperidine rings is 1. The highest BCUT2D eigenvalue weighted by molar-refractivity contribution is 5.98. The van der Waals surface area contributed by atoms with Crippen LogP contribution < -0.4 is 10.6 Å². The molecule has 2 aliphatic rings. The number of aryl methyl sites for hydroxylation is 1. The average molecular weight is 352 g/mol. The number of hydrogen-bond donors (Lipinski definition) is 2. The molecule has 24 heavy (non-hydrogen) atoms. The van der Waals surface area contributed by atoms with Crippen molar-refractivity contribution in [3.8, 4) is 0 Å². The monoisotopic (exact) mass is 351 g/mol. The highest BCUT2D eigenvalue weighted by Crippen LogP contribution is 2.26. The molecule has 5 nitrogen and oxygen atoms in total. The Bertz CT molecular complexity index is 598. The summed E-state index contributed by atoms with van der Waals surface area (Å²) in [5, 5.41) is 6.06. The van der Waals surface area contributed by atoms with Gasteiger partial charge in [0.1, 0.15) is 0 Å². The molecule has 132 valence electrons. The molecule has 0 bridgehead atoms. The number of hydrogen-bond acceptors (Lipinski definition) is 3. The van der Waals surface area contributed by atoms with Gasteiger partial charge in [0.25, 0.3) is 5.91 Å². The van der Waals surface area contributed by atoms with E-state index >= 15 is 0 Å². The van der Waals surface area contributed by atoms with E-state index in [0.29, 0.717) is 12.8 Å². The molecule has 0 saturated carbocycles. The fourth-order valence-electron chi connectivity index (χ4n) is 3.47. The van der Waals surface area contributed by atoms with E-state index in [9.17, 15) is 9.59 Å². The maximum absolute atomic E-state index is 12.7. The van der Waals surface area contributed by atoms with Crippen LogP contribution >= 0.6 is 12.4 Å². The van der Waals surface area contributed by atoms with Crippen LogP contribution in [0.4, 0.5) is 5.69 Å². The first-order valence-electron chi connectivity index (χ1n) is 8.54. The Hall–Kier alpha value is -1.59. The van der Waals surface area contributed by atoms with Gasteiger partial charge in [0.05, 0.1) is 0 Å². The maximum Gasteiger partial charge on any atom is 0.253 e. The van der Waals surface area contributed by atoms with Gasteiger partial charge in [-0.25, -0.2) is 0 Å². The van der Waals surface area contributed by atoms with Crippen molar-refractivity contribution in [1.82, 2.24) is 10.2 Å². The van der Waals surface area contributed by atoms with Gasteiger partial charge < -0.3 is 15.5 Å². The van der Waals surface area contributed by atoms with Gasteiger partial charge in [-0.3, -0.25) is 9.59 Å². The zero-order chi connectivity index (χ0) is 16.2. The number of amides is 2. The summed E-state index contributed by atoms with van der Waals surface area (Å²) in [7, 11) is 1.98. The summed E-state index contributed by atoms with van der Waals surface area (Å²) in [6.45, 7) is 2.75. The lowest BCUT2D eigenvalue weighted by molar-refractivity contribution is -0.116. The van der Waals surface area contributed by atoms with Gasteiger partial charge in [-0.1, -0.05) is 0 Å². The summed E-state index contributed by atoms with van der Waals surface area (Å²) >= 11 is 0. The van der Waals surface area contributed by atoms with Crippen LogP contribution in [-0.4, -0.2) is 43.4 Å². The molecule has 0 atom stereocenters. The molecule has 0 radical (unpaired) electrons. The van der Waals surface area contributed by atoms with Crippen LogP contribution in [0.25, 0.3) is 0 Å². The highest BCUT2D eigenvalue weighted by Gasteiger charge is 2.24. The van der Waals surface area contributed by atoms with E-state index in [2.05, 4.69) is 10.6 Å². The lowest BCUT2D eigenvalue weighted by Gasteiger charge is -2.32. The quantitative estimate of drug-likeness (QED) is 0.876. The van der Waals surface area contributed by atoms with E-state index in [0.717, 1.165) is 55.2 Å². The van der Waals surface area contributed by atoms with E-state index in [1.807, 2.05) is 30.1 Å². The number of nitrogens with zero attached hydrogens (tertiary/aromatic N) is 1. The minimum Gasteiger partial charge on any atom is -0.339 e. The first-order chi connectivity index (χ1) is 11.2. The molecule has 6 heteroatoms. The predicted molar refractivity (Wildman–Crippen MR) is 97.8 cm³/mol. The summed E-state index contributed by atoms with van der Waals surface area (Å²) in [4.78, 5) is 26.1. The smallest absolute Gasteiger partial charge is 0.253 e. The molecule has 1 saturated heterocycles. The van der Waals surface area contributed by atoms with Crippen molar-refractivity contribution in [1.29, 1.82) is 0 Å². The first-order valence-corrected chi connectivity index (χ1v) is 8.54. The topological polar surface area (TPSA) is 61.4 Å². The van der Waals surface area contributed by atoms with Crippen LogP contribution in [0.5, 0.6) is 0 Å². The third-order valence-corrected chi connectivity index (χ3v) is 4.95. The van der Waals surface area contributed by atoms with Gasteiger partial charge in [0.2, 0.25) is 5.91 Å². The van der Waals surface area contributed by atoms with E-state index in [4.69, 9.17) is 0 Å². The second-order valence-electron chi connectivity index (χ2n) is 6.55. The lowest BCUT2D eigenvalue weighted by Crippen LogP contribution is -2.39. The number of halogens is 1. The number of nitrogens with one attached hydrogen (secondary N) is 2. The molecule has 2 amide bonds. The summed E-state index contributed by atoms with van der Waals surface area (Å²) in [5.41, 5.74) is 2.66. The van der Waals surface area contributed by atoms with Crippen molar-refractivity contribution in [2.45, 2.75) is 32.1 Å². The van der Waals surface area contributed by atoms with Gasteiger partial charge in [0, 0.05) is 30.8 Å². The first kappa shape index (κ1) is 18.7. The molecule has 0 aliphatic carbocycles. The molecule has 2 N–H and O–H groups in total. The molecule has 0 spiro atoms. The van der Waals surface area contributed by atoms with E-state index in [-0.39, 0.29) is 24.2 Å². The minimum atomic E-state index is 0. The molecular formula is C18H26ClN3O2. The summed E-state index contributed by atoms with van der Waals surface area (Å²) in [5.74, 6) is 0.905. The van der Waals surface area contributed by atoms with Gasteiger partial charge in [-0.2, -0.15) is 0 Å². The van der Waals surface area contributed by atoms with Gasteiger partial charge in [-0.15, -0.1) is 12.4 Å². The molecule has 2 aliphatic heterocycles. The summed E-state index contributed by atoms with van der Waals surface area (Å²) < 4.78 is 0. The van der Waals surface area contributed by atoms with Crippen molar-refractivity contribution < 1.29 is 9.59 Å². The molecule has 0 unspecified atom stereocenters. The second kappa shape index (κ2) is 8.49. The number of likely N-dealkylation sites (tertiary alicyclic amines) is 1. The second-order valence-corrected chi connectivity index (χ2v) is 6.55. The third-order valence-electron chi connectivity index (χ3n) is 4.95. The molecule has 0 aromatic heterocycles. The molecule has 1 aromatic rings. The van der Waals surface area contributed by atoms with E-state index < -0.39 is 0 Å². The van der Waals surface area contributed by atoms with Crippen LogP contribution in [0.2, 0.25) is 0 Å². The Morgan fingerprint density at radius 3 is 2.75 bits per heavy atom. The number of benzene rings is 1. The third kappa shape index (κ3) is 4.28. The lowest BCUT2D eigenvalue weighted by atomic mass is 9.93. The Labute approximate surface area is 149 Å². The Kier molecular flexibility index (Phi) is 6.63. The predicted octanol–water partition coefficient (Wildman–Crippen LogP) is 2.45. The SMILES string of the molecule is CNCCC1CCN(C(=O)c2ccc3c(c2)CCC(=O)N3)CC1.Cl. The number of fused-ring (bicyclic) bond motifs is 1. The fraction of sp³-hybridized carbons (Fsp3) is 0.556. The summed E-state index contributed by atoms with van der Waals surface area (Å²) in [6, 6.07) is 5.64. The van der Waals surface area contributed by atoms with Crippen LogP contribution in [0.1, 0.15) is 41.6 Å². The number of carbonyl (C=O) groups is 2. The Balaban J connectivity index is 0.00000208. The van der Waals surface area contributed by atoms with Crippen molar-refractivity contribution >= 4 is 29.9 Å². The fourth-order valence-corrected chi connectivity index (χ4v) is 3.47. The molecule has 3 rings (SSSR count). The molecule has 1 fully saturated rings. The molecule has 1 aromatic carbocycles. The standard InChI is InChI=1S/C18H25N3O2.ClH/c1-19-9-6-13-7-10-21(11-8-13)18(23)15-2-4-16-14(12-15)3-5-17(22)20-16;/h2,4,12-13,19H,3,5-11H2,1H3,(H,20,22);1H. The largest absolute Gasteiger partial charge is 0.339 e. The maximum atomic E-state index is 12.7. The van der Waals surface area contributed by atoms with Crippen molar-refractivity contribution in [3.63, 3.8) is 0 Å². The Morgan fingerprint density at radius 1 is 1.29 bits per heavy atom. The van der Waals surface area contributed by atoms with Crippen LogP contribution in [-0.2, 0) is 11.2 Å². The zero-order valence-electron chi connectivity index (χ0n) is 14.1.